The predicted octanol–water partition coefficient (Wildman–Crippen LogP) is 3.73. The molecule has 0 saturated carbocycles. The molecule has 3 amide bonds. The largest absolute Gasteiger partial charge is 0.489 e. The van der Waals surface area contributed by atoms with Crippen LogP contribution in [-0.2, 0) is 23.4 Å². The van der Waals surface area contributed by atoms with Crippen molar-refractivity contribution >= 4 is 34.9 Å². The summed E-state index contributed by atoms with van der Waals surface area (Å²) in [5, 5.41) is 10.1. The van der Waals surface area contributed by atoms with Gasteiger partial charge in [0.05, 0.1) is 16.7 Å². The fraction of sp³-hybridized carbons (Fsp3) is 0.345. The third kappa shape index (κ3) is 5.72. The number of primary amides is 1. The molecule has 0 aliphatic carbocycles. The molecule has 0 fully saturated rings. The molecule has 214 valence electrons. The molecule has 3 heterocycles. The number of carbonyl (C=O) groups is 3. The van der Waals surface area contributed by atoms with E-state index in [4.69, 9.17) is 15.2 Å². The third-order valence-corrected chi connectivity index (χ3v) is 7.11. The van der Waals surface area contributed by atoms with E-state index in [1.165, 1.54) is 0 Å². The number of hydrogen-bond donors (Lipinski definition) is 3. The number of nitrogens with zero attached hydrogens (tertiary/aromatic N) is 4. The highest BCUT2D eigenvalue weighted by Gasteiger charge is 2.37. The number of nitrogens with one attached hydrogen (secondary N) is 2. The van der Waals surface area contributed by atoms with E-state index in [0.717, 1.165) is 11.3 Å². The molecule has 0 bridgehead atoms. The Balaban J connectivity index is 1.36. The lowest BCUT2D eigenvalue weighted by molar-refractivity contribution is 0.0995. The molecular formula is C29H33N7O5. The molecule has 4 aromatic rings. The number of ether oxygens (including phenoxy) is 2. The molecule has 0 spiro atoms. The van der Waals surface area contributed by atoms with Crippen LogP contribution in [0.1, 0.15) is 58.8 Å². The number of anilines is 1. The Bertz CT molecular complexity index is 1610. The summed E-state index contributed by atoms with van der Waals surface area (Å²) in [5.74, 6) is -0.186. The van der Waals surface area contributed by atoms with Gasteiger partial charge in [-0.05, 0) is 57.4 Å². The van der Waals surface area contributed by atoms with Crippen LogP contribution in [0.15, 0.2) is 48.5 Å². The number of alkyl carbamates (subject to hydrolysis) is 1. The van der Waals surface area contributed by atoms with Crippen LogP contribution in [0.4, 0.5) is 10.7 Å². The van der Waals surface area contributed by atoms with Gasteiger partial charge in [0, 0.05) is 18.7 Å². The van der Waals surface area contributed by atoms with E-state index in [-0.39, 0.29) is 24.7 Å². The standard InChI is InChI=1S/C29H33N7O5/c1-4-35-22(13-18(2)34-35)26(38)33-27-32-21-14-20(25(30)37)15-23-24(21)36(27)29(3,17-41-23)11-8-12-31-28(39)40-16-19-9-6-5-7-10-19/h5-7,9-10,13-15H,4,8,11-12,16-17H2,1-3H3,(H2,30,37)(H,31,39)(H,32,33,38)/t29-/m0/s1. The monoisotopic (exact) mass is 559 g/mol. The SMILES string of the molecule is CCn1nc(C)cc1C(=O)Nc1nc2cc(C(N)=O)cc3c2n1[C@@](C)(CCCNC(=O)OCc1ccccc1)CO3. The molecule has 1 aliphatic heterocycles. The highest BCUT2D eigenvalue weighted by Crippen LogP contribution is 2.41. The first kappa shape index (κ1) is 27.7. The van der Waals surface area contributed by atoms with E-state index in [0.29, 0.717) is 54.4 Å². The van der Waals surface area contributed by atoms with Gasteiger partial charge in [-0.15, -0.1) is 0 Å². The van der Waals surface area contributed by atoms with Crippen molar-refractivity contribution in [3.05, 3.63) is 71.0 Å². The molecule has 12 nitrogen and oxygen atoms in total. The average Bonchev–Trinajstić information content (AvgIpc) is 3.53. The lowest BCUT2D eigenvalue weighted by Gasteiger charge is -2.37. The molecule has 5 rings (SSSR count). The Morgan fingerprint density at radius 3 is 2.68 bits per heavy atom. The van der Waals surface area contributed by atoms with Gasteiger partial charge in [-0.2, -0.15) is 5.10 Å². The number of benzene rings is 2. The first-order valence-corrected chi connectivity index (χ1v) is 13.5. The van der Waals surface area contributed by atoms with Gasteiger partial charge in [-0.1, -0.05) is 30.3 Å². The number of imidazole rings is 1. The minimum Gasteiger partial charge on any atom is -0.489 e. The van der Waals surface area contributed by atoms with Gasteiger partial charge < -0.3 is 20.5 Å². The van der Waals surface area contributed by atoms with Crippen LogP contribution in [0.5, 0.6) is 5.75 Å². The smallest absolute Gasteiger partial charge is 0.407 e. The Kier molecular flexibility index (Phi) is 7.64. The van der Waals surface area contributed by atoms with Crippen molar-refractivity contribution in [2.75, 3.05) is 18.5 Å². The second kappa shape index (κ2) is 11.3. The summed E-state index contributed by atoms with van der Waals surface area (Å²) in [6.45, 7) is 7.09. The molecule has 1 aliphatic rings. The lowest BCUT2D eigenvalue weighted by atomic mass is 9.94. The first-order chi connectivity index (χ1) is 19.7. The summed E-state index contributed by atoms with van der Waals surface area (Å²) in [5.41, 5.74) is 8.34. The van der Waals surface area contributed by atoms with Crippen LogP contribution in [0.2, 0.25) is 0 Å². The van der Waals surface area contributed by atoms with E-state index in [1.54, 1.807) is 22.9 Å². The van der Waals surface area contributed by atoms with Crippen LogP contribution < -0.4 is 21.1 Å². The van der Waals surface area contributed by atoms with Crippen molar-refractivity contribution in [3.8, 4) is 5.75 Å². The van der Waals surface area contributed by atoms with Crippen molar-refractivity contribution in [1.29, 1.82) is 0 Å². The number of carbonyl (C=O) groups excluding carboxylic acids is 3. The predicted molar refractivity (Wildman–Crippen MR) is 152 cm³/mol. The van der Waals surface area contributed by atoms with Crippen LogP contribution in [0, 0.1) is 6.92 Å². The average molecular weight is 560 g/mol. The second-order valence-corrected chi connectivity index (χ2v) is 10.3. The van der Waals surface area contributed by atoms with Gasteiger partial charge in [0.15, 0.2) is 0 Å². The van der Waals surface area contributed by atoms with Gasteiger partial charge in [0.25, 0.3) is 5.91 Å². The maximum atomic E-state index is 13.3. The topological polar surface area (TPSA) is 155 Å². The van der Waals surface area contributed by atoms with Crippen LogP contribution >= 0.6 is 0 Å². The second-order valence-electron chi connectivity index (χ2n) is 10.3. The molecule has 2 aromatic carbocycles. The quantitative estimate of drug-likeness (QED) is 0.250. The Morgan fingerprint density at radius 1 is 1.17 bits per heavy atom. The minimum atomic E-state index is -0.630. The van der Waals surface area contributed by atoms with E-state index < -0.39 is 17.5 Å². The number of nitrogens with two attached hydrogens (primary N) is 1. The number of rotatable bonds is 10. The maximum absolute atomic E-state index is 13.3. The number of amides is 3. The summed E-state index contributed by atoms with van der Waals surface area (Å²) in [4.78, 5) is 42.2. The summed E-state index contributed by atoms with van der Waals surface area (Å²) >= 11 is 0. The van der Waals surface area contributed by atoms with E-state index in [9.17, 15) is 14.4 Å². The van der Waals surface area contributed by atoms with Crippen molar-refractivity contribution < 1.29 is 23.9 Å². The molecule has 2 aromatic heterocycles. The molecular weight excluding hydrogens is 526 g/mol. The molecule has 0 radical (unpaired) electrons. The number of hydrogen-bond acceptors (Lipinski definition) is 7. The zero-order chi connectivity index (χ0) is 29.1. The molecule has 0 unspecified atom stereocenters. The van der Waals surface area contributed by atoms with Gasteiger partial charge >= 0.3 is 6.09 Å². The lowest BCUT2D eigenvalue weighted by Crippen LogP contribution is -2.41. The zero-order valence-electron chi connectivity index (χ0n) is 23.3. The molecule has 12 heteroatoms. The Hall–Kier alpha value is -4.87. The molecule has 1 atom stereocenters. The van der Waals surface area contributed by atoms with Crippen molar-refractivity contribution in [2.24, 2.45) is 5.73 Å². The molecule has 0 saturated heterocycles. The fourth-order valence-corrected chi connectivity index (χ4v) is 5.09. The normalized spacial score (nSPS) is 15.8. The van der Waals surface area contributed by atoms with Crippen LogP contribution in [-0.4, -0.2) is 50.4 Å². The van der Waals surface area contributed by atoms with Crippen LogP contribution in [0.3, 0.4) is 0 Å². The van der Waals surface area contributed by atoms with Gasteiger partial charge in [-0.25, -0.2) is 9.78 Å². The highest BCUT2D eigenvalue weighted by molar-refractivity contribution is 6.04. The Labute approximate surface area is 236 Å². The van der Waals surface area contributed by atoms with Crippen molar-refractivity contribution in [2.45, 2.75) is 52.3 Å². The van der Waals surface area contributed by atoms with Gasteiger partial charge in [-0.3, -0.25) is 24.2 Å². The van der Waals surface area contributed by atoms with Gasteiger partial charge in [0.1, 0.15) is 30.2 Å². The Morgan fingerprint density at radius 2 is 1.95 bits per heavy atom. The van der Waals surface area contributed by atoms with Gasteiger partial charge in [0.2, 0.25) is 11.9 Å². The van der Waals surface area contributed by atoms with Crippen LogP contribution in [0.25, 0.3) is 11.0 Å². The zero-order valence-corrected chi connectivity index (χ0v) is 23.3. The molecule has 41 heavy (non-hydrogen) atoms. The van der Waals surface area contributed by atoms with Crippen molar-refractivity contribution in [3.63, 3.8) is 0 Å². The van der Waals surface area contributed by atoms with E-state index in [2.05, 4.69) is 20.7 Å². The summed E-state index contributed by atoms with van der Waals surface area (Å²) < 4.78 is 15.0. The maximum Gasteiger partial charge on any atom is 0.407 e. The van der Waals surface area contributed by atoms with E-state index >= 15 is 0 Å². The van der Waals surface area contributed by atoms with E-state index in [1.807, 2.05) is 55.7 Å². The number of aromatic nitrogens is 4. The van der Waals surface area contributed by atoms with Crippen molar-refractivity contribution in [1.82, 2.24) is 24.6 Å². The third-order valence-electron chi connectivity index (χ3n) is 7.11. The molecule has 4 N–H and O–H groups in total. The summed E-state index contributed by atoms with van der Waals surface area (Å²) in [6.07, 6.45) is 0.691. The first-order valence-electron chi connectivity index (χ1n) is 13.5. The summed E-state index contributed by atoms with van der Waals surface area (Å²) in [6, 6.07) is 14.4. The fourth-order valence-electron chi connectivity index (χ4n) is 5.09. The minimum absolute atomic E-state index is 0.189. The highest BCUT2D eigenvalue weighted by atomic mass is 16.5. The number of aryl methyl sites for hydroxylation is 2. The summed E-state index contributed by atoms with van der Waals surface area (Å²) in [7, 11) is 0.